The number of benzene rings is 2. The number of carbonyl (C=O) groups excluding carboxylic acids is 1. The second-order valence-corrected chi connectivity index (χ2v) is 6.47. The van der Waals surface area contributed by atoms with Gasteiger partial charge in [-0.05, 0) is 58.2 Å². The second-order valence-electron chi connectivity index (χ2n) is 4.26. The van der Waals surface area contributed by atoms with E-state index in [0.29, 0.717) is 17.1 Å². The molecule has 2 nitrogen and oxygen atoms in total. The first kappa shape index (κ1) is 15.5. The summed E-state index contributed by atoms with van der Waals surface area (Å²) < 4.78 is 1.70. The van der Waals surface area contributed by atoms with Gasteiger partial charge in [-0.1, -0.05) is 39.7 Å². The standard InChI is InChI=1S/C15H12Br2ClNO/c16-11-4-5-13(14(17)9-11)15(20)19-7-6-10-2-1-3-12(18)8-10/h1-5,8-9H,6-7H2,(H,19,20). The van der Waals surface area contributed by atoms with Crippen molar-refractivity contribution in [2.24, 2.45) is 0 Å². The summed E-state index contributed by atoms with van der Waals surface area (Å²) in [5, 5.41) is 3.61. The molecular weight excluding hydrogens is 405 g/mol. The molecule has 1 N–H and O–H groups in total. The molecule has 0 fully saturated rings. The maximum Gasteiger partial charge on any atom is 0.252 e. The highest BCUT2D eigenvalue weighted by Crippen LogP contribution is 2.21. The van der Waals surface area contributed by atoms with Crippen molar-refractivity contribution in [2.75, 3.05) is 6.54 Å². The van der Waals surface area contributed by atoms with Crippen molar-refractivity contribution in [1.29, 1.82) is 0 Å². The average molecular weight is 418 g/mol. The third kappa shape index (κ3) is 4.33. The molecule has 0 saturated heterocycles. The minimum Gasteiger partial charge on any atom is -0.352 e. The average Bonchev–Trinajstić information content (AvgIpc) is 2.38. The third-order valence-electron chi connectivity index (χ3n) is 2.76. The predicted molar refractivity (Wildman–Crippen MR) is 89.3 cm³/mol. The summed E-state index contributed by atoms with van der Waals surface area (Å²) in [5.74, 6) is -0.0913. The van der Waals surface area contributed by atoms with Gasteiger partial charge in [0.25, 0.3) is 5.91 Å². The second kappa shape index (κ2) is 7.25. The van der Waals surface area contributed by atoms with Crippen LogP contribution in [0.15, 0.2) is 51.4 Å². The van der Waals surface area contributed by atoms with Crippen molar-refractivity contribution in [1.82, 2.24) is 5.32 Å². The largest absolute Gasteiger partial charge is 0.352 e. The van der Waals surface area contributed by atoms with Gasteiger partial charge in [0.2, 0.25) is 0 Å². The van der Waals surface area contributed by atoms with Crippen LogP contribution in [0.4, 0.5) is 0 Å². The Kier molecular flexibility index (Phi) is 5.64. The molecule has 5 heteroatoms. The molecule has 0 aliphatic carbocycles. The lowest BCUT2D eigenvalue weighted by Gasteiger charge is -2.07. The van der Waals surface area contributed by atoms with Crippen LogP contribution >= 0.6 is 43.5 Å². The molecule has 2 rings (SSSR count). The van der Waals surface area contributed by atoms with Crippen LogP contribution < -0.4 is 5.32 Å². The van der Waals surface area contributed by atoms with Gasteiger partial charge >= 0.3 is 0 Å². The Morgan fingerprint density at radius 1 is 1.15 bits per heavy atom. The zero-order chi connectivity index (χ0) is 14.5. The maximum absolute atomic E-state index is 12.1. The first-order valence-electron chi connectivity index (χ1n) is 6.04. The Morgan fingerprint density at radius 2 is 1.95 bits per heavy atom. The monoisotopic (exact) mass is 415 g/mol. The molecule has 104 valence electrons. The van der Waals surface area contributed by atoms with Crippen molar-refractivity contribution in [3.63, 3.8) is 0 Å². The number of rotatable bonds is 4. The Labute approximate surface area is 139 Å². The van der Waals surface area contributed by atoms with Crippen molar-refractivity contribution < 1.29 is 4.79 Å². The lowest BCUT2D eigenvalue weighted by atomic mass is 10.1. The lowest BCUT2D eigenvalue weighted by Crippen LogP contribution is -2.26. The van der Waals surface area contributed by atoms with E-state index in [4.69, 9.17) is 11.6 Å². The quantitative estimate of drug-likeness (QED) is 0.758. The van der Waals surface area contributed by atoms with Crippen LogP contribution in [0.2, 0.25) is 5.02 Å². The fraction of sp³-hybridized carbons (Fsp3) is 0.133. The fourth-order valence-electron chi connectivity index (χ4n) is 1.78. The highest BCUT2D eigenvalue weighted by atomic mass is 79.9. The van der Waals surface area contributed by atoms with E-state index in [1.807, 2.05) is 36.4 Å². The summed E-state index contributed by atoms with van der Waals surface area (Å²) in [7, 11) is 0. The summed E-state index contributed by atoms with van der Waals surface area (Å²) in [6.07, 6.45) is 0.750. The summed E-state index contributed by atoms with van der Waals surface area (Å²) in [4.78, 5) is 12.1. The molecule has 0 heterocycles. The Hall–Kier alpha value is -0.840. The van der Waals surface area contributed by atoms with E-state index in [-0.39, 0.29) is 5.91 Å². The van der Waals surface area contributed by atoms with Crippen LogP contribution in [0.5, 0.6) is 0 Å². The van der Waals surface area contributed by atoms with E-state index in [2.05, 4.69) is 37.2 Å². The van der Waals surface area contributed by atoms with Crippen molar-refractivity contribution >= 4 is 49.4 Å². The fourth-order valence-corrected chi connectivity index (χ4v) is 3.22. The molecule has 0 atom stereocenters. The summed E-state index contributed by atoms with van der Waals surface area (Å²) in [6, 6.07) is 13.1. The molecule has 0 bridgehead atoms. The normalized spacial score (nSPS) is 10.3. The third-order valence-corrected chi connectivity index (χ3v) is 4.15. The molecule has 0 spiro atoms. The minimum absolute atomic E-state index is 0.0913. The van der Waals surface area contributed by atoms with Gasteiger partial charge in [-0.25, -0.2) is 0 Å². The van der Waals surface area contributed by atoms with Gasteiger partial charge in [0.15, 0.2) is 0 Å². The van der Waals surface area contributed by atoms with Crippen LogP contribution in [0.3, 0.4) is 0 Å². The minimum atomic E-state index is -0.0913. The molecule has 1 amide bonds. The van der Waals surface area contributed by atoms with Gasteiger partial charge in [0.1, 0.15) is 0 Å². The number of carbonyl (C=O) groups is 1. The number of hydrogen-bond acceptors (Lipinski definition) is 1. The molecule has 2 aromatic carbocycles. The first-order chi connectivity index (χ1) is 9.56. The highest BCUT2D eigenvalue weighted by molar-refractivity contribution is 9.11. The molecule has 2 aromatic rings. The molecule has 0 saturated carbocycles. The van der Waals surface area contributed by atoms with Gasteiger partial charge in [-0.2, -0.15) is 0 Å². The Morgan fingerprint density at radius 3 is 2.65 bits per heavy atom. The van der Waals surface area contributed by atoms with Crippen molar-refractivity contribution in [3.05, 3.63) is 67.6 Å². The molecule has 0 radical (unpaired) electrons. The first-order valence-corrected chi connectivity index (χ1v) is 8.00. The van der Waals surface area contributed by atoms with Gasteiger partial charge in [0, 0.05) is 20.5 Å². The molecule has 0 unspecified atom stereocenters. The van der Waals surface area contributed by atoms with E-state index >= 15 is 0 Å². The number of halogens is 3. The highest BCUT2D eigenvalue weighted by Gasteiger charge is 2.09. The zero-order valence-electron chi connectivity index (χ0n) is 10.5. The van der Waals surface area contributed by atoms with E-state index in [1.165, 1.54) is 0 Å². The van der Waals surface area contributed by atoms with Crippen LogP contribution in [-0.4, -0.2) is 12.5 Å². The van der Waals surface area contributed by atoms with Crippen LogP contribution in [0, 0.1) is 0 Å². The van der Waals surface area contributed by atoms with Crippen LogP contribution in [-0.2, 0) is 6.42 Å². The molecule has 0 aromatic heterocycles. The van der Waals surface area contributed by atoms with E-state index in [0.717, 1.165) is 20.9 Å². The van der Waals surface area contributed by atoms with E-state index < -0.39 is 0 Å². The van der Waals surface area contributed by atoms with Crippen LogP contribution in [0.25, 0.3) is 0 Å². The van der Waals surface area contributed by atoms with Gasteiger partial charge in [0.05, 0.1) is 5.56 Å². The SMILES string of the molecule is O=C(NCCc1cccc(Cl)c1)c1ccc(Br)cc1Br. The molecule has 20 heavy (non-hydrogen) atoms. The van der Waals surface area contributed by atoms with E-state index in [9.17, 15) is 4.79 Å². The zero-order valence-corrected chi connectivity index (χ0v) is 14.4. The van der Waals surface area contributed by atoms with Gasteiger partial charge in [-0.3, -0.25) is 4.79 Å². The smallest absolute Gasteiger partial charge is 0.252 e. The van der Waals surface area contributed by atoms with E-state index in [1.54, 1.807) is 6.07 Å². The molecular formula is C15H12Br2ClNO. The summed E-state index contributed by atoms with van der Waals surface area (Å²) >= 11 is 12.7. The maximum atomic E-state index is 12.1. The van der Waals surface area contributed by atoms with Crippen molar-refractivity contribution in [2.45, 2.75) is 6.42 Å². The molecule has 0 aliphatic heterocycles. The Bertz CT molecular complexity index is 631. The summed E-state index contributed by atoms with van der Waals surface area (Å²) in [6.45, 7) is 0.571. The topological polar surface area (TPSA) is 29.1 Å². The number of hydrogen-bond donors (Lipinski definition) is 1. The number of nitrogens with one attached hydrogen (secondary N) is 1. The van der Waals surface area contributed by atoms with Crippen molar-refractivity contribution in [3.8, 4) is 0 Å². The lowest BCUT2D eigenvalue weighted by molar-refractivity contribution is 0.0953. The van der Waals surface area contributed by atoms with Gasteiger partial charge in [-0.15, -0.1) is 0 Å². The predicted octanol–water partition coefficient (Wildman–Crippen LogP) is 4.84. The van der Waals surface area contributed by atoms with Gasteiger partial charge < -0.3 is 5.32 Å². The Balaban J connectivity index is 1.92. The molecule has 0 aliphatic rings. The van der Waals surface area contributed by atoms with Crippen LogP contribution in [0.1, 0.15) is 15.9 Å². The summed E-state index contributed by atoms with van der Waals surface area (Å²) in [5.41, 5.74) is 1.73. The number of amides is 1.